The van der Waals surface area contributed by atoms with Crippen LogP contribution in [0.1, 0.15) is 0 Å². The van der Waals surface area contributed by atoms with Gasteiger partial charge in [-0.2, -0.15) is 0 Å². The molecule has 0 saturated carbocycles. The van der Waals surface area contributed by atoms with Crippen molar-refractivity contribution in [1.82, 2.24) is 24.5 Å². The molecule has 5 nitrogen and oxygen atoms in total. The smallest absolute Gasteiger partial charge is 0.165 e. The zero-order valence-electron chi connectivity index (χ0n) is 34.8. The lowest BCUT2D eigenvalue weighted by molar-refractivity contribution is 1.08. The minimum atomic E-state index is 0.646. The Morgan fingerprint density at radius 1 is 0.323 bits per heavy atom. The highest BCUT2D eigenvalue weighted by atomic mass is 32.1. The number of aromatic nitrogens is 5. The first-order chi connectivity index (χ1) is 32.2. The first kappa shape index (κ1) is 37.5. The third kappa shape index (κ3) is 6.43. The van der Waals surface area contributed by atoms with Crippen molar-refractivity contribution in [3.05, 3.63) is 212 Å². The van der Waals surface area contributed by atoms with E-state index >= 15 is 0 Å². The summed E-state index contributed by atoms with van der Waals surface area (Å²) in [5.74, 6) is 2.89. The number of para-hydroxylation sites is 3. The van der Waals surface area contributed by atoms with Crippen molar-refractivity contribution < 1.29 is 0 Å². The summed E-state index contributed by atoms with van der Waals surface area (Å²) in [6.07, 6.45) is 0. The van der Waals surface area contributed by atoms with Crippen molar-refractivity contribution in [1.29, 1.82) is 0 Å². The van der Waals surface area contributed by atoms with Gasteiger partial charge in [-0.1, -0.05) is 158 Å². The fraction of sp³-hybridized carbons (Fsp3) is 0. The van der Waals surface area contributed by atoms with Crippen LogP contribution in [-0.4, -0.2) is 24.5 Å². The minimum Gasteiger partial charge on any atom is -0.292 e. The molecule has 4 heterocycles. The van der Waals surface area contributed by atoms with Crippen LogP contribution in [-0.2, 0) is 0 Å². The molecule has 0 fully saturated rings. The van der Waals surface area contributed by atoms with Gasteiger partial charge in [0.1, 0.15) is 5.82 Å². The van der Waals surface area contributed by atoms with E-state index in [0.29, 0.717) is 17.5 Å². The molecule has 0 saturated heterocycles. The summed E-state index contributed by atoms with van der Waals surface area (Å²) in [4.78, 5) is 20.5. The molecule has 0 N–H and O–H groups in total. The van der Waals surface area contributed by atoms with Gasteiger partial charge in [0.2, 0.25) is 0 Å². The number of hydrogen-bond acceptors (Lipinski definition) is 6. The summed E-state index contributed by atoms with van der Waals surface area (Å²) in [7, 11) is 0. The highest BCUT2D eigenvalue weighted by molar-refractivity contribution is 7.26. The van der Waals surface area contributed by atoms with Crippen molar-refractivity contribution >= 4 is 74.1 Å². The molecule has 0 aliphatic rings. The highest BCUT2D eigenvalue weighted by Crippen LogP contribution is 2.43. The molecule has 0 bridgehead atoms. The molecule has 0 radical (unpaired) electrons. The van der Waals surface area contributed by atoms with Crippen LogP contribution >= 0.6 is 22.7 Å². The van der Waals surface area contributed by atoms with E-state index in [1.54, 1.807) is 11.3 Å². The number of imidazole rings is 1. The molecule has 13 aromatic rings. The van der Waals surface area contributed by atoms with E-state index in [1.807, 2.05) is 29.5 Å². The lowest BCUT2D eigenvalue weighted by Gasteiger charge is -2.11. The van der Waals surface area contributed by atoms with Gasteiger partial charge in [0.15, 0.2) is 17.5 Å². The van der Waals surface area contributed by atoms with E-state index in [-0.39, 0.29) is 0 Å². The Balaban J connectivity index is 0.867. The van der Waals surface area contributed by atoms with Gasteiger partial charge in [0.25, 0.3) is 0 Å². The maximum atomic E-state index is 5.17. The van der Waals surface area contributed by atoms with E-state index in [1.165, 1.54) is 51.5 Å². The van der Waals surface area contributed by atoms with E-state index in [2.05, 4.69) is 199 Å². The van der Waals surface area contributed by atoms with Crippen LogP contribution in [0.25, 0.3) is 125 Å². The Morgan fingerprint density at radius 3 is 1.68 bits per heavy atom. The van der Waals surface area contributed by atoms with E-state index in [9.17, 15) is 0 Å². The molecule has 13 rings (SSSR count). The van der Waals surface area contributed by atoms with Crippen molar-refractivity contribution in [3.63, 3.8) is 0 Å². The summed E-state index contributed by atoms with van der Waals surface area (Å²) in [5.41, 5.74) is 11.8. The van der Waals surface area contributed by atoms with Crippen molar-refractivity contribution in [2.24, 2.45) is 0 Å². The lowest BCUT2D eigenvalue weighted by Crippen LogP contribution is -2.00. The van der Waals surface area contributed by atoms with E-state index < -0.39 is 0 Å². The summed E-state index contributed by atoms with van der Waals surface area (Å²) in [6, 6.07) is 75.0. The first-order valence-corrected chi connectivity index (χ1v) is 23.3. The van der Waals surface area contributed by atoms with Crippen LogP contribution in [0.2, 0.25) is 0 Å². The summed E-state index contributed by atoms with van der Waals surface area (Å²) in [5, 5.41) is 4.97. The Kier molecular flexibility index (Phi) is 8.82. The van der Waals surface area contributed by atoms with Crippen molar-refractivity contribution in [2.75, 3.05) is 0 Å². The second kappa shape index (κ2) is 15.3. The molecular weight excluding hydrogens is 831 g/mol. The Hall–Kier alpha value is -8.10. The van der Waals surface area contributed by atoms with Crippen LogP contribution in [0, 0.1) is 0 Å². The molecule has 0 amide bonds. The van der Waals surface area contributed by atoms with Gasteiger partial charge in [0, 0.05) is 68.3 Å². The zero-order valence-corrected chi connectivity index (χ0v) is 36.4. The van der Waals surface area contributed by atoms with Gasteiger partial charge in [-0.15, -0.1) is 22.7 Å². The van der Waals surface area contributed by atoms with Crippen LogP contribution in [0.4, 0.5) is 0 Å². The van der Waals surface area contributed by atoms with Crippen LogP contribution < -0.4 is 0 Å². The van der Waals surface area contributed by atoms with E-state index in [0.717, 1.165) is 55.9 Å². The molecule has 304 valence electrons. The summed E-state index contributed by atoms with van der Waals surface area (Å²) in [6.45, 7) is 0. The van der Waals surface area contributed by atoms with Crippen molar-refractivity contribution in [2.45, 2.75) is 0 Å². The number of benzene rings is 9. The monoisotopic (exact) mass is 865 g/mol. The number of thiophene rings is 2. The fourth-order valence-corrected chi connectivity index (χ4v) is 11.6. The lowest BCUT2D eigenvalue weighted by atomic mass is 9.98. The predicted octanol–water partition coefficient (Wildman–Crippen LogP) is 15.9. The third-order valence-corrected chi connectivity index (χ3v) is 14.7. The number of fused-ring (bicyclic) bond motifs is 7. The Bertz CT molecular complexity index is 3940. The van der Waals surface area contributed by atoms with Crippen LogP contribution in [0.15, 0.2) is 212 Å². The molecule has 4 aromatic heterocycles. The molecule has 0 spiro atoms. The third-order valence-electron chi connectivity index (χ3n) is 12.3. The zero-order chi connectivity index (χ0) is 42.8. The fourth-order valence-electron chi connectivity index (χ4n) is 9.17. The standard InChI is InChI=1S/C58H35N5S2/c1-3-14-37(15-4-1)55-60-56(62-57(61-55)47-24-13-22-45-44-20-7-10-27-51(44)64-54(45)47)38-30-28-36(29-31-38)43-21-12-23-46-48-35-40(32-33-52(48)65-53(43)46)39-16-11-17-41(34-39)58-59-49-25-8-9-26-50(49)63(58)42-18-5-2-6-19-42/h1-35H. The quantitative estimate of drug-likeness (QED) is 0.160. The van der Waals surface area contributed by atoms with Gasteiger partial charge < -0.3 is 0 Å². The molecule has 0 aliphatic heterocycles. The molecule has 0 atom stereocenters. The summed E-state index contributed by atoms with van der Waals surface area (Å²) < 4.78 is 7.21. The molecule has 9 aromatic carbocycles. The van der Waals surface area contributed by atoms with E-state index in [4.69, 9.17) is 19.9 Å². The molecule has 7 heteroatoms. The second-order valence-corrected chi connectivity index (χ2v) is 18.3. The van der Waals surface area contributed by atoms with Gasteiger partial charge in [0.05, 0.1) is 11.0 Å². The summed E-state index contributed by atoms with van der Waals surface area (Å²) >= 11 is 3.63. The normalized spacial score (nSPS) is 11.7. The molecular formula is C58H35N5S2. The number of nitrogens with zero attached hydrogens (tertiary/aromatic N) is 5. The Morgan fingerprint density at radius 2 is 0.862 bits per heavy atom. The average molecular weight is 866 g/mol. The molecule has 0 aliphatic carbocycles. The minimum absolute atomic E-state index is 0.646. The largest absolute Gasteiger partial charge is 0.292 e. The topological polar surface area (TPSA) is 56.5 Å². The molecule has 65 heavy (non-hydrogen) atoms. The Labute approximate surface area is 382 Å². The van der Waals surface area contributed by atoms with Gasteiger partial charge in [-0.3, -0.25) is 4.57 Å². The van der Waals surface area contributed by atoms with Gasteiger partial charge in [-0.05, 0) is 76.9 Å². The predicted molar refractivity (Wildman–Crippen MR) is 273 cm³/mol. The SMILES string of the molecule is c1ccc(-c2nc(-c3ccc(-c4cccc5c4sc4ccc(-c6cccc(-c7nc8ccccc8n7-c7ccccc7)c6)cc45)cc3)nc(-c3cccc4c3sc3ccccc34)n2)cc1. The highest BCUT2D eigenvalue weighted by Gasteiger charge is 2.19. The number of hydrogen-bond donors (Lipinski definition) is 0. The maximum Gasteiger partial charge on any atom is 0.165 e. The van der Waals surface area contributed by atoms with Crippen LogP contribution in [0.5, 0.6) is 0 Å². The van der Waals surface area contributed by atoms with Crippen LogP contribution in [0.3, 0.4) is 0 Å². The first-order valence-electron chi connectivity index (χ1n) is 21.6. The second-order valence-electron chi connectivity index (χ2n) is 16.2. The maximum absolute atomic E-state index is 5.17. The van der Waals surface area contributed by atoms with Gasteiger partial charge >= 0.3 is 0 Å². The number of rotatable bonds is 7. The molecule has 0 unspecified atom stereocenters. The van der Waals surface area contributed by atoms with Crippen molar-refractivity contribution in [3.8, 4) is 73.5 Å². The van der Waals surface area contributed by atoms with Gasteiger partial charge in [-0.25, -0.2) is 19.9 Å². The average Bonchev–Trinajstić information content (AvgIpc) is 4.08.